The van der Waals surface area contributed by atoms with Crippen LogP contribution in [-0.2, 0) is 0 Å². The van der Waals surface area contributed by atoms with Crippen LogP contribution < -0.4 is 15.8 Å². The largest absolute Gasteiger partial charge is 0.354 e. The molecule has 0 saturated carbocycles. The monoisotopic (exact) mass is 352 g/mol. The lowest BCUT2D eigenvalue weighted by atomic mass is 10.3. The summed E-state index contributed by atoms with van der Waals surface area (Å²) in [4.78, 5) is 29.9. The predicted octanol–water partition coefficient (Wildman–Crippen LogP) is 0.912. The van der Waals surface area contributed by atoms with Crippen LogP contribution in [0.3, 0.4) is 0 Å². The molecule has 4 rings (SSSR count). The number of anilines is 3. The lowest BCUT2D eigenvalue weighted by Crippen LogP contribution is -2.44. The number of nitrogens with one attached hydrogen (secondary N) is 2. The highest BCUT2D eigenvalue weighted by atomic mass is 16.1. The number of aromatic nitrogens is 5. The van der Waals surface area contributed by atoms with Gasteiger partial charge in [-0.25, -0.2) is 20.1 Å². The smallest absolute Gasteiger partial charge is 0.277 e. The number of piperazine rings is 1. The maximum absolute atomic E-state index is 12.1. The minimum absolute atomic E-state index is 0.327. The summed E-state index contributed by atoms with van der Waals surface area (Å²) >= 11 is 0. The van der Waals surface area contributed by atoms with Gasteiger partial charge in [-0.1, -0.05) is 0 Å². The number of hydrogen-bond acceptors (Lipinski definition) is 8. The number of aromatic amines is 1. The standard InChI is InChI=1S/C17H20N8O/c1-11-20-13-10-19-23-17(26)15(13)16(21-11)22-12-3-4-14(18-9-12)25-7-5-24(2)6-8-25/h3-4,9-10H,5-8H2,1-2H3,(H,23,26)(H,20,21,22). The first-order valence-corrected chi connectivity index (χ1v) is 8.49. The Hall–Kier alpha value is -3.07. The van der Waals surface area contributed by atoms with E-state index in [4.69, 9.17) is 0 Å². The van der Waals surface area contributed by atoms with Gasteiger partial charge in [-0.05, 0) is 26.1 Å². The third kappa shape index (κ3) is 3.21. The van der Waals surface area contributed by atoms with Crippen LogP contribution in [-0.4, -0.2) is 63.3 Å². The second kappa shape index (κ2) is 6.68. The highest BCUT2D eigenvalue weighted by molar-refractivity contribution is 5.89. The number of rotatable bonds is 3. The van der Waals surface area contributed by atoms with Crippen LogP contribution in [0.5, 0.6) is 0 Å². The van der Waals surface area contributed by atoms with Gasteiger partial charge in [0.25, 0.3) is 5.56 Å². The molecule has 0 atom stereocenters. The van der Waals surface area contributed by atoms with Crippen molar-refractivity contribution in [1.82, 2.24) is 30.0 Å². The van der Waals surface area contributed by atoms with Gasteiger partial charge in [0, 0.05) is 26.2 Å². The van der Waals surface area contributed by atoms with E-state index in [0.717, 1.165) is 37.7 Å². The van der Waals surface area contributed by atoms with Gasteiger partial charge in [0.1, 0.15) is 28.4 Å². The molecule has 1 fully saturated rings. The zero-order chi connectivity index (χ0) is 18.1. The van der Waals surface area contributed by atoms with Crippen molar-refractivity contribution >= 4 is 28.2 Å². The van der Waals surface area contributed by atoms with Crippen LogP contribution >= 0.6 is 0 Å². The van der Waals surface area contributed by atoms with Crippen molar-refractivity contribution in [2.75, 3.05) is 43.4 Å². The van der Waals surface area contributed by atoms with Crippen LogP contribution in [0.25, 0.3) is 10.9 Å². The fourth-order valence-corrected chi connectivity index (χ4v) is 3.03. The topological polar surface area (TPSA) is 103 Å². The average Bonchev–Trinajstić information content (AvgIpc) is 2.63. The molecule has 0 spiro atoms. The highest BCUT2D eigenvalue weighted by Gasteiger charge is 2.15. The Morgan fingerprint density at radius 3 is 2.65 bits per heavy atom. The molecule has 0 amide bonds. The molecule has 0 bridgehead atoms. The van der Waals surface area contributed by atoms with E-state index in [1.807, 2.05) is 12.1 Å². The van der Waals surface area contributed by atoms with Gasteiger partial charge in [0.15, 0.2) is 0 Å². The van der Waals surface area contributed by atoms with Gasteiger partial charge in [-0.3, -0.25) is 4.79 Å². The van der Waals surface area contributed by atoms with E-state index >= 15 is 0 Å². The summed E-state index contributed by atoms with van der Waals surface area (Å²) in [5, 5.41) is 9.78. The van der Waals surface area contributed by atoms with Crippen molar-refractivity contribution in [1.29, 1.82) is 0 Å². The highest BCUT2D eigenvalue weighted by Crippen LogP contribution is 2.22. The van der Waals surface area contributed by atoms with E-state index in [2.05, 4.69) is 47.3 Å². The van der Waals surface area contributed by atoms with Gasteiger partial charge >= 0.3 is 0 Å². The molecule has 2 N–H and O–H groups in total. The van der Waals surface area contributed by atoms with Crippen molar-refractivity contribution in [2.45, 2.75) is 6.92 Å². The Morgan fingerprint density at radius 1 is 1.12 bits per heavy atom. The van der Waals surface area contributed by atoms with E-state index < -0.39 is 0 Å². The number of likely N-dealkylation sites (N-methyl/N-ethyl adjacent to an activating group) is 1. The molecule has 9 heteroatoms. The minimum Gasteiger partial charge on any atom is -0.354 e. The quantitative estimate of drug-likeness (QED) is 0.717. The van der Waals surface area contributed by atoms with E-state index in [-0.39, 0.29) is 5.56 Å². The van der Waals surface area contributed by atoms with Crippen LogP contribution in [0.15, 0.2) is 29.3 Å². The third-order valence-corrected chi connectivity index (χ3v) is 4.47. The number of pyridine rings is 1. The van der Waals surface area contributed by atoms with Gasteiger partial charge in [0.05, 0.1) is 18.1 Å². The molecular formula is C17H20N8O. The number of fused-ring (bicyclic) bond motifs is 1. The van der Waals surface area contributed by atoms with Crippen molar-refractivity contribution in [2.24, 2.45) is 0 Å². The Morgan fingerprint density at radius 2 is 1.92 bits per heavy atom. The van der Waals surface area contributed by atoms with Gasteiger partial charge in [-0.15, -0.1) is 0 Å². The van der Waals surface area contributed by atoms with Crippen molar-refractivity contribution in [3.63, 3.8) is 0 Å². The molecule has 26 heavy (non-hydrogen) atoms. The molecule has 3 aromatic rings. The Labute approximate surface area is 150 Å². The first kappa shape index (κ1) is 16.4. The molecule has 1 saturated heterocycles. The van der Waals surface area contributed by atoms with Crippen molar-refractivity contribution in [3.8, 4) is 0 Å². The average molecular weight is 352 g/mol. The molecule has 1 aliphatic rings. The van der Waals surface area contributed by atoms with Crippen LogP contribution in [0.2, 0.25) is 0 Å². The fourth-order valence-electron chi connectivity index (χ4n) is 3.03. The summed E-state index contributed by atoms with van der Waals surface area (Å²) in [5.41, 5.74) is 0.941. The second-order valence-electron chi connectivity index (χ2n) is 6.40. The number of H-pyrrole nitrogens is 1. The van der Waals surface area contributed by atoms with Crippen LogP contribution in [0.4, 0.5) is 17.3 Å². The maximum atomic E-state index is 12.1. The zero-order valence-electron chi connectivity index (χ0n) is 14.7. The fraction of sp³-hybridized carbons (Fsp3) is 0.353. The number of hydrogen-bond donors (Lipinski definition) is 2. The Kier molecular flexibility index (Phi) is 4.21. The summed E-state index contributed by atoms with van der Waals surface area (Å²) in [7, 11) is 2.13. The summed E-state index contributed by atoms with van der Waals surface area (Å²) in [6, 6.07) is 3.93. The summed E-state index contributed by atoms with van der Waals surface area (Å²) in [6.45, 7) is 5.78. The van der Waals surface area contributed by atoms with Crippen LogP contribution in [0, 0.1) is 6.92 Å². The van der Waals surface area contributed by atoms with Crippen molar-refractivity contribution in [3.05, 3.63) is 40.7 Å². The molecular weight excluding hydrogens is 332 g/mol. The van der Waals surface area contributed by atoms with E-state index in [1.54, 1.807) is 13.1 Å². The molecule has 0 aliphatic carbocycles. The molecule has 0 aromatic carbocycles. The van der Waals surface area contributed by atoms with E-state index in [1.165, 1.54) is 6.20 Å². The predicted molar refractivity (Wildman–Crippen MR) is 99.9 cm³/mol. The third-order valence-electron chi connectivity index (χ3n) is 4.47. The first-order chi connectivity index (χ1) is 12.6. The molecule has 1 aliphatic heterocycles. The maximum Gasteiger partial charge on any atom is 0.277 e. The molecule has 4 heterocycles. The number of nitrogens with zero attached hydrogens (tertiary/aromatic N) is 6. The lowest BCUT2D eigenvalue weighted by molar-refractivity contribution is 0.312. The van der Waals surface area contributed by atoms with E-state index in [0.29, 0.717) is 22.5 Å². The second-order valence-corrected chi connectivity index (χ2v) is 6.40. The molecule has 9 nitrogen and oxygen atoms in total. The lowest BCUT2D eigenvalue weighted by Gasteiger charge is -2.33. The van der Waals surface area contributed by atoms with Crippen LogP contribution in [0.1, 0.15) is 5.82 Å². The minimum atomic E-state index is -0.327. The summed E-state index contributed by atoms with van der Waals surface area (Å²) < 4.78 is 0. The summed E-state index contributed by atoms with van der Waals surface area (Å²) in [5.74, 6) is 1.97. The van der Waals surface area contributed by atoms with Gasteiger partial charge in [0.2, 0.25) is 0 Å². The SMILES string of the molecule is Cc1nc(Nc2ccc(N3CCN(C)CC3)nc2)c2c(=O)[nH]ncc2n1. The number of aryl methyl sites for hydroxylation is 1. The van der Waals surface area contributed by atoms with Gasteiger partial charge < -0.3 is 15.1 Å². The summed E-state index contributed by atoms with van der Waals surface area (Å²) in [6.07, 6.45) is 3.28. The Balaban J connectivity index is 1.60. The van der Waals surface area contributed by atoms with E-state index in [9.17, 15) is 4.79 Å². The normalized spacial score (nSPS) is 15.4. The van der Waals surface area contributed by atoms with Crippen molar-refractivity contribution < 1.29 is 0 Å². The molecule has 134 valence electrons. The molecule has 0 unspecified atom stereocenters. The van der Waals surface area contributed by atoms with Gasteiger partial charge in [-0.2, -0.15) is 5.10 Å². The first-order valence-electron chi connectivity index (χ1n) is 8.49. The Bertz CT molecular complexity index is 976. The zero-order valence-corrected chi connectivity index (χ0v) is 14.7. The molecule has 3 aromatic heterocycles. The molecule has 0 radical (unpaired) electrons.